The topological polar surface area (TPSA) is 92.2 Å². The molecular formula is C10H15N3O3S. The molecular weight excluding hydrogens is 242 g/mol. The van der Waals surface area contributed by atoms with E-state index in [2.05, 4.69) is 15.5 Å². The van der Waals surface area contributed by atoms with Gasteiger partial charge in [-0.2, -0.15) is 0 Å². The van der Waals surface area contributed by atoms with Crippen molar-refractivity contribution in [2.75, 3.05) is 0 Å². The highest BCUT2D eigenvalue weighted by Gasteiger charge is 2.09. The normalized spacial score (nSPS) is 10.5. The van der Waals surface area contributed by atoms with E-state index in [1.807, 2.05) is 13.8 Å². The lowest BCUT2D eigenvalue weighted by Gasteiger charge is -2.00. The van der Waals surface area contributed by atoms with Crippen LogP contribution in [0.25, 0.3) is 0 Å². The molecule has 0 radical (unpaired) electrons. The van der Waals surface area contributed by atoms with Crippen LogP contribution in [0, 0.1) is 0 Å². The highest BCUT2D eigenvalue weighted by atomic mass is 32.1. The number of hydrogen-bond donors (Lipinski definition) is 2. The van der Waals surface area contributed by atoms with Crippen LogP contribution in [0.2, 0.25) is 0 Å². The molecule has 0 aliphatic heterocycles. The smallest absolute Gasteiger partial charge is 0.303 e. The molecule has 0 aromatic carbocycles. The lowest BCUT2D eigenvalue weighted by molar-refractivity contribution is -0.138. The predicted octanol–water partition coefficient (Wildman–Crippen LogP) is 1.14. The van der Waals surface area contributed by atoms with Gasteiger partial charge in [-0.25, -0.2) is 0 Å². The third-order valence-corrected chi connectivity index (χ3v) is 3.20. The summed E-state index contributed by atoms with van der Waals surface area (Å²) in [6.07, 6.45) is -0.162. The lowest BCUT2D eigenvalue weighted by atomic mass is 10.2. The third-order valence-electron chi connectivity index (χ3n) is 1.98. The van der Waals surface area contributed by atoms with Gasteiger partial charge in [-0.1, -0.05) is 25.2 Å². The van der Waals surface area contributed by atoms with Crippen LogP contribution in [0.1, 0.15) is 42.6 Å². The molecule has 1 aromatic rings. The summed E-state index contributed by atoms with van der Waals surface area (Å²) < 4.78 is 0. The summed E-state index contributed by atoms with van der Waals surface area (Å²) in [5.74, 6) is -0.934. The number of carboxylic acids is 1. The number of nitrogens with zero attached hydrogens (tertiary/aromatic N) is 2. The van der Waals surface area contributed by atoms with Crippen LogP contribution >= 0.6 is 11.3 Å². The van der Waals surface area contributed by atoms with Crippen molar-refractivity contribution >= 4 is 23.2 Å². The molecule has 0 saturated carbocycles. The van der Waals surface area contributed by atoms with Crippen molar-refractivity contribution in [3.05, 3.63) is 10.0 Å². The molecule has 1 rings (SSSR count). The van der Waals surface area contributed by atoms with Crippen LogP contribution in [-0.4, -0.2) is 27.2 Å². The molecule has 1 amide bonds. The zero-order chi connectivity index (χ0) is 12.8. The van der Waals surface area contributed by atoms with Gasteiger partial charge in [-0.15, -0.1) is 10.2 Å². The average molecular weight is 257 g/mol. The monoisotopic (exact) mass is 257 g/mol. The van der Waals surface area contributed by atoms with E-state index in [9.17, 15) is 9.59 Å². The van der Waals surface area contributed by atoms with Crippen molar-refractivity contribution in [2.24, 2.45) is 0 Å². The quantitative estimate of drug-likeness (QED) is 0.797. The SMILES string of the molecule is CC(C)c1nnc(CNC(=O)CCC(=O)O)s1. The summed E-state index contributed by atoms with van der Waals surface area (Å²) in [7, 11) is 0. The number of carbonyl (C=O) groups excluding carboxylic acids is 1. The van der Waals surface area contributed by atoms with E-state index in [1.165, 1.54) is 11.3 Å². The average Bonchev–Trinajstić information content (AvgIpc) is 2.72. The number of amides is 1. The Bertz CT molecular complexity index is 403. The molecule has 17 heavy (non-hydrogen) atoms. The van der Waals surface area contributed by atoms with Gasteiger partial charge in [-0.3, -0.25) is 9.59 Å². The van der Waals surface area contributed by atoms with Crippen molar-refractivity contribution in [3.8, 4) is 0 Å². The molecule has 0 aliphatic carbocycles. The number of carboxylic acid groups (broad SMARTS) is 1. The van der Waals surface area contributed by atoms with Crippen LogP contribution in [0.15, 0.2) is 0 Å². The van der Waals surface area contributed by atoms with E-state index < -0.39 is 5.97 Å². The Morgan fingerprint density at radius 2 is 2.06 bits per heavy atom. The summed E-state index contributed by atoms with van der Waals surface area (Å²) >= 11 is 1.45. The first-order valence-corrected chi connectivity index (χ1v) is 6.11. The van der Waals surface area contributed by atoms with E-state index in [4.69, 9.17) is 5.11 Å². The molecule has 0 saturated heterocycles. The van der Waals surface area contributed by atoms with Crippen molar-refractivity contribution in [2.45, 2.75) is 39.2 Å². The van der Waals surface area contributed by atoms with Crippen LogP contribution in [0.3, 0.4) is 0 Å². The second-order valence-corrected chi connectivity index (χ2v) is 4.95. The number of aliphatic carboxylic acids is 1. The predicted molar refractivity (Wildman–Crippen MR) is 62.7 cm³/mol. The highest BCUT2D eigenvalue weighted by Crippen LogP contribution is 2.18. The number of aromatic nitrogens is 2. The maximum Gasteiger partial charge on any atom is 0.303 e. The molecule has 1 aromatic heterocycles. The van der Waals surface area contributed by atoms with Gasteiger partial charge in [0.05, 0.1) is 13.0 Å². The van der Waals surface area contributed by atoms with Crippen molar-refractivity contribution in [1.29, 1.82) is 0 Å². The molecule has 7 heteroatoms. The van der Waals surface area contributed by atoms with E-state index >= 15 is 0 Å². The number of nitrogens with one attached hydrogen (secondary N) is 1. The number of rotatable bonds is 6. The zero-order valence-corrected chi connectivity index (χ0v) is 10.6. The first-order valence-electron chi connectivity index (χ1n) is 5.29. The van der Waals surface area contributed by atoms with Crippen molar-refractivity contribution in [1.82, 2.24) is 15.5 Å². The fraction of sp³-hybridized carbons (Fsp3) is 0.600. The van der Waals surface area contributed by atoms with Crippen molar-refractivity contribution in [3.63, 3.8) is 0 Å². The maximum atomic E-state index is 11.2. The lowest BCUT2D eigenvalue weighted by Crippen LogP contribution is -2.23. The Kier molecular flexibility index (Phi) is 5.02. The van der Waals surface area contributed by atoms with E-state index in [0.29, 0.717) is 12.5 Å². The summed E-state index contributed by atoms with van der Waals surface area (Å²) in [5.41, 5.74) is 0. The van der Waals surface area contributed by atoms with Crippen LogP contribution < -0.4 is 5.32 Å². The first-order chi connectivity index (χ1) is 7.99. The minimum atomic E-state index is -0.974. The second kappa shape index (κ2) is 6.29. The highest BCUT2D eigenvalue weighted by molar-refractivity contribution is 7.11. The molecule has 2 N–H and O–H groups in total. The zero-order valence-electron chi connectivity index (χ0n) is 9.77. The second-order valence-electron chi connectivity index (χ2n) is 3.86. The third kappa shape index (κ3) is 4.90. The van der Waals surface area contributed by atoms with Crippen LogP contribution in [0.4, 0.5) is 0 Å². The molecule has 6 nitrogen and oxygen atoms in total. The Hall–Kier alpha value is -1.50. The molecule has 1 heterocycles. The molecule has 0 fully saturated rings. The van der Waals surface area contributed by atoms with Gasteiger partial charge in [0.15, 0.2) is 0 Å². The van der Waals surface area contributed by atoms with Gasteiger partial charge >= 0.3 is 5.97 Å². The Morgan fingerprint density at radius 3 is 2.59 bits per heavy atom. The standard InChI is InChI=1S/C10H15N3O3S/c1-6(2)10-13-12-8(17-10)5-11-7(14)3-4-9(15)16/h6H,3-5H2,1-2H3,(H,11,14)(H,15,16). The Labute approximate surface area is 103 Å². The summed E-state index contributed by atoms with van der Waals surface area (Å²) in [5, 5.41) is 20.6. The summed E-state index contributed by atoms with van der Waals surface area (Å²) in [4.78, 5) is 21.5. The number of carbonyl (C=O) groups is 2. The largest absolute Gasteiger partial charge is 0.481 e. The van der Waals surface area contributed by atoms with Crippen LogP contribution in [0.5, 0.6) is 0 Å². The molecule has 0 spiro atoms. The minimum Gasteiger partial charge on any atom is -0.481 e. The molecule has 0 bridgehead atoms. The fourth-order valence-electron chi connectivity index (χ4n) is 1.05. The van der Waals surface area contributed by atoms with E-state index in [1.54, 1.807) is 0 Å². The maximum absolute atomic E-state index is 11.2. The van der Waals surface area contributed by atoms with Gasteiger partial charge in [0.2, 0.25) is 5.91 Å². The first kappa shape index (κ1) is 13.6. The molecule has 94 valence electrons. The summed E-state index contributed by atoms with van der Waals surface area (Å²) in [6, 6.07) is 0. The number of hydrogen-bond acceptors (Lipinski definition) is 5. The van der Waals surface area contributed by atoms with Gasteiger partial charge in [0.25, 0.3) is 0 Å². The fourth-order valence-corrected chi connectivity index (χ4v) is 1.84. The molecule has 0 atom stereocenters. The Morgan fingerprint density at radius 1 is 1.35 bits per heavy atom. The van der Waals surface area contributed by atoms with Gasteiger partial charge < -0.3 is 10.4 Å². The van der Waals surface area contributed by atoms with Crippen molar-refractivity contribution < 1.29 is 14.7 Å². The van der Waals surface area contributed by atoms with Gasteiger partial charge in [0.1, 0.15) is 10.0 Å². The van der Waals surface area contributed by atoms with E-state index in [-0.39, 0.29) is 18.7 Å². The van der Waals surface area contributed by atoms with Crippen LogP contribution in [-0.2, 0) is 16.1 Å². The molecule has 0 unspecified atom stereocenters. The Balaban J connectivity index is 2.34. The minimum absolute atomic E-state index is 0.00876. The van der Waals surface area contributed by atoms with E-state index in [0.717, 1.165) is 10.0 Å². The van der Waals surface area contributed by atoms with Gasteiger partial charge in [-0.05, 0) is 0 Å². The van der Waals surface area contributed by atoms with Gasteiger partial charge in [0, 0.05) is 12.3 Å². The summed E-state index contributed by atoms with van der Waals surface area (Å²) in [6.45, 7) is 4.36. The molecule has 0 aliphatic rings.